The molecule has 0 atom stereocenters. The van der Waals surface area contributed by atoms with Gasteiger partial charge in [-0.1, -0.05) is 17.7 Å². The zero-order chi connectivity index (χ0) is 13.0. The maximum absolute atomic E-state index is 12.8. The van der Waals surface area contributed by atoms with Crippen molar-refractivity contribution in [3.05, 3.63) is 58.9 Å². The molecule has 2 nitrogen and oxygen atoms in total. The lowest BCUT2D eigenvalue weighted by Crippen LogP contribution is -2.04. The number of benzene rings is 2. The molecule has 0 aliphatic carbocycles. The maximum Gasteiger partial charge on any atom is 0.146 e. The summed E-state index contributed by atoms with van der Waals surface area (Å²) in [6, 6.07) is 11.4. The zero-order valence-corrected chi connectivity index (χ0v) is 10.7. The number of rotatable bonds is 4. The fourth-order valence-electron chi connectivity index (χ4n) is 1.57. The number of ether oxygens (including phenoxy) is 1. The molecule has 0 heterocycles. The lowest BCUT2D eigenvalue weighted by molar-refractivity contribution is 0.480. The molecule has 2 aromatic rings. The second kappa shape index (κ2) is 5.85. The first-order valence-electron chi connectivity index (χ1n) is 5.55. The predicted molar refractivity (Wildman–Crippen MR) is 70.7 cm³/mol. The van der Waals surface area contributed by atoms with Crippen LogP contribution in [0, 0.1) is 5.82 Å². The Labute approximate surface area is 110 Å². The molecule has 4 heteroatoms. The van der Waals surface area contributed by atoms with Crippen molar-refractivity contribution in [2.24, 2.45) is 0 Å². The highest BCUT2D eigenvalue weighted by molar-refractivity contribution is 6.32. The van der Waals surface area contributed by atoms with Crippen molar-refractivity contribution in [2.75, 3.05) is 7.05 Å². The van der Waals surface area contributed by atoms with E-state index < -0.39 is 0 Å². The third kappa shape index (κ3) is 3.22. The van der Waals surface area contributed by atoms with Crippen molar-refractivity contribution in [3.8, 4) is 11.5 Å². The smallest absolute Gasteiger partial charge is 0.146 e. The molecular formula is C14H13ClFNO. The van der Waals surface area contributed by atoms with Gasteiger partial charge < -0.3 is 10.1 Å². The van der Waals surface area contributed by atoms with E-state index in [-0.39, 0.29) is 5.82 Å². The summed E-state index contributed by atoms with van der Waals surface area (Å²) in [4.78, 5) is 0. The van der Waals surface area contributed by atoms with Crippen molar-refractivity contribution in [2.45, 2.75) is 6.54 Å². The largest absolute Gasteiger partial charge is 0.456 e. The van der Waals surface area contributed by atoms with Gasteiger partial charge in [0.05, 0.1) is 5.02 Å². The first-order valence-corrected chi connectivity index (χ1v) is 5.93. The van der Waals surface area contributed by atoms with Crippen molar-refractivity contribution < 1.29 is 9.13 Å². The fraction of sp³-hybridized carbons (Fsp3) is 0.143. The van der Waals surface area contributed by atoms with Crippen LogP contribution >= 0.6 is 11.6 Å². The summed E-state index contributed by atoms with van der Waals surface area (Å²) in [5, 5.41) is 3.58. The summed E-state index contributed by atoms with van der Waals surface area (Å²) in [5.74, 6) is 0.820. The standard InChI is InChI=1S/C14H13ClFNO/c1-17-9-10-2-7-14(13(15)8-10)18-12-5-3-11(16)4-6-12/h2-8,17H,9H2,1H3. The first kappa shape index (κ1) is 12.9. The van der Waals surface area contributed by atoms with Gasteiger partial charge in [0.1, 0.15) is 17.3 Å². The molecular weight excluding hydrogens is 253 g/mol. The van der Waals surface area contributed by atoms with E-state index in [4.69, 9.17) is 16.3 Å². The van der Waals surface area contributed by atoms with Crippen LogP contribution in [0.1, 0.15) is 5.56 Å². The van der Waals surface area contributed by atoms with Crippen molar-refractivity contribution >= 4 is 11.6 Å². The Balaban J connectivity index is 2.16. The molecule has 0 spiro atoms. The highest BCUT2D eigenvalue weighted by atomic mass is 35.5. The van der Waals surface area contributed by atoms with Gasteiger partial charge in [-0.05, 0) is 49.0 Å². The minimum atomic E-state index is -0.294. The molecule has 1 N–H and O–H groups in total. The van der Waals surface area contributed by atoms with Gasteiger partial charge in [0, 0.05) is 6.54 Å². The predicted octanol–water partition coefficient (Wildman–Crippen LogP) is 3.99. The molecule has 2 rings (SSSR count). The van der Waals surface area contributed by atoms with E-state index in [9.17, 15) is 4.39 Å². The van der Waals surface area contributed by atoms with Crippen LogP contribution in [0.15, 0.2) is 42.5 Å². The molecule has 0 aliphatic heterocycles. The van der Waals surface area contributed by atoms with Crippen molar-refractivity contribution in [1.29, 1.82) is 0 Å². The SMILES string of the molecule is CNCc1ccc(Oc2ccc(F)cc2)c(Cl)c1. The van der Waals surface area contributed by atoms with Gasteiger partial charge in [0.2, 0.25) is 0 Å². The van der Waals surface area contributed by atoms with Crippen LogP contribution < -0.4 is 10.1 Å². The lowest BCUT2D eigenvalue weighted by Gasteiger charge is -2.09. The Morgan fingerprint density at radius 2 is 1.89 bits per heavy atom. The van der Waals surface area contributed by atoms with E-state index in [0.29, 0.717) is 16.5 Å². The first-order chi connectivity index (χ1) is 8.69. The molecule has 0 radical (unpaired) electrons. The topological polar surface area (TPSA) is 21.3 Å². The lowest BCUT2D eigenvalue weighted by atomic mass is 10.2. The van der Waals surface area contributed by atoms with Crippen LogP contribution in [-0.2, 0) is 6.54 Å². The number of halogens is 2. The summed E-state index contributed by atoms with van der Waals surface area (Å²) in [7, 11) is 1.87. The molecule has 0 amide bonds. The summed E-state index contributed by atoms with van der Waals surface area (Å²) in [6.07, 6.45) is 0. The second-order valence-electron chi connectivity index (χ2n) is 3.85. The third-order valence-electron chi connectivity index (χ3n) is 2.42. The molecule has 0 aromatic heterocycles. The van der Waals surface area contributed by atoms with E-state index in [1.165, 1.54) is 12.1 Å². The Morgan fingerprint density at radius 1 is 1.17 bits per heavy atom. The van der Waals surface area contributed by atoms with E-state index in [1.807, 2.05) is 19.2 Å². The Hall–Kier alpha value is -1.58. The number of nitrogens with one attached hydrogen (secondary N) is 1. The second-order valence-corrected chi connectivity index (χ2v) is 4.26. The molecule has 18 heavy (non-hydrogen) atoms. The van der Waals surface area contributed by atoms with Crippen LogP contribution in [0.3, 0.4) is 0 Å². The average Bonchev–Trinajstić information content (AvgIpc) is 2.36. The van der Waals surface area contributed by atoms with Crippen molar-refractivity contribution in [1.82, 2.24) is 5.32 Å². The zero-order valence-electron chi connectivity index (χ0n) is 9.91. The highest BCUT2D eigenvalue weighted by Crippen LogP contribution is 2.30. The number of hydrogen-bond acceptors (Lipinski definition) is 2. The average molecular weight is 266 g/mol. The molecule has 2 aromatic carbocycles. The van der Waals surface area contributed by atoms with Gasteiger partial charge in [-0.3, -0.25) is 0 Å². The fourth-order valence-corrected chi connectivity index (χ4v) is 1.81. The summed E-state index contributed by atoms with van der Waals surface area (Å²) < 4.78 is 18.3. The Kier molecular flexibility index (Phi) is 4.18. The van der Waals surface area contributed by atoms with Gasteiger partial charge in [-0.15, -0.1) is 0 Å². The molecule has 94 valence electrons. The molecule has 0 bridgehead atoms. The summed E-state index contributed by atoms with van der Waals surface area (Å²) in [5.41, 5.74) is 1.08. The van der Waals surface area contributed by atoms with Crippen LogP contribution in [-0.4, -0.2) is 7.05 Å². The van der Waals surface area contributed by atoms with Crippen LogP contribution in [0.5, 0.6) is 11.5 Å². The van der Waals surface area contributed by atoms with Gasteiger partial charge in [-0.25, -0.2) is 4.39 Å². The van der Waals surface area contributed by atoms with E-state index in [0.717, 1.165) is 12.1 Å². The highest BCUT2D eigenvalue weighted by Gasteiger charge is 2.04. The monoisotopic (exact) mass is 265 g/mol. The minimum absolute atomic E-state index is 0.294. The Bertz CT molecular complexity index is 528. The minimum Gasteiger partial charge on any atom is -0.456 e. The maximum atomic E-state index is 12.8. The van der Waals surface area contributed by atoms with Gasteiger partial charge >= 0.3 is 0 Å². The molecule has 0 unspecified atom stereocenters. The Morgan fingerprint density at radius 3 is 2.50 bits per heavy atom. The van der Waals surface area contributed by atoms with Crippen molar-refractivity contribution in [3.63, 3.8) is 0 Å². The van der Waals surface area contributed by atoms with Crippen LogP contribution in [0.2, 0.25) is 5.02 Å². The van der Waals surface area contributed by atoms with Gasteiger partial charge in [0.15, 0.2) is 0 Å². The molecule has 0 saturated carbocycles. The van der Waals surface area contributed by atoms with Crippen LogP contribution in [0.4, 0.5) is 4.39 Å². The van der Waals surface area contributed by atoms with Crippen LogP contribution in [0.25, 0.3) is 0 Å². The van der Waals surface area contributed by atoms with E-state index in [2.05, 4.69) is 5.32 Å². The van der Waals surface area contributed by atoms with Gasteiger partial charge in [0.25, 0.3) is 0 Å². The summed E-state index contributed by atoms with van der Waals surface area (Å²) in [6.45, 7) is 0.747. The number of hydrogen-bond donors (Lipinski definition) is 1. The quantitative estimate of drug-likeness (QED) is 0.902. The summed E-state index contributed by atoms with van der Waals surface area (Å²) >= 11 is 6.12. The third-order valence-corrected chi connectivity index (χ3v) is 2.71. The van der Waals surface area contributed by atoms with E-state index >= 15 is 0 Å². The normalized spacial score (nSPS) is 10.4. The molecule has 0 fully saturated rings. The molecule has 0 saturated heterocycles. The van der Waals surface area contributed by atoms with Gasteiger partial charge in [-0.2, -0.15) is 0 Å². The van der Waals surface area contributed by atoms with E-state index in [1.54, 1.807) is 18.2 Å². The molecule has 0 aliphatic rings.